The van der Waals surface area contributed by atoms with E-state index in [0.717, 1.165) is 6.07 Å². The molecular weight excluding hydrogens is 462 g/mol. The number of benzene rings is 2. The average molecular weight is 480 g/mol. The summed E-state index contributed by atoms with van der Waals surface area (Å²) in [6.45, 7) is 1.80. The molecule has 0 radical (unpaired) electrons. The van der Waals surface area contributed by atoms with Gasteiger partial charge in [0.25, 0.3) is 11.6 Å². The van der Waals surface area contributed by atoms with Crippen molar-refractivity contribution in [1.82, 2.24) is 14.8 Å². The molecule has 34 heavy (non-hydrogen) atoms. The summed E-state index contributed by atoms with van der Waals surface area (Å²) in [5, 5.41) is 18.6. The average Bonchev–Trinajstić information content (AvgIpc) is 3.11. The number of hydrogen-bond acceptors (Lipinski definition) is 7. The van der Waals surface area contributed by atoms with Gasteiger partial charge >= 0.3 is 5.97 Å². The van der Waals surface area contributed by atoms with Crippen LogP contribution in [0.1, 0.15) is 27.7 Å². The van der Waals surface area contributed by atoms with Crippen LogP contribution in [0.4, 0.5) is 11.4 Å². The molecule has 10 nitrogen and oxygen atoms in total. The van der Waals surface area contributed by atoms with E-state index in [1.807, 2.05) is 0 Å². The maximum absolute atomic E-state index is 13.1. The lowest BCUT2D eigenvalue weighted by molar-refractivity contribution is -0.384. The molecule has 2 aromatic heterocycles. The highest BCUT2D eigenvalue weighted by atomic mass is 35.5. The summed E-state index contributed by atoms with van der Waals surface area (Å²) in [5.74, 6) is -1.45. The number of carbonyl (C=O) groups excluding carboxylic acids is 2. The number of halogens is 1. The van der Waals surface area contributed by atoms with Crippen molar-refractivity contribution in [1.29, 1.82) is 0 Å². The highest BCUT2D eigenvalue weighted by molar-refractivity contribution is 6.32. The third kappa shape index (κ3) is 4.57. The van der Waals surface area contributed by atoms with Gasteiger partial charge in [-0.1, -0.05) is 41.9 Å². The van der Waals surface area contributed by atoms with E-state index >= 15 is 0 Å². The van der Waals surface area contributed by atoms with Crippen molar-refractivity contribution in [3.63, 3.8) is 0 Å². The van der Waals surface area contributed by atoms with Crippen LogP contribution in [0.5, 0.6) is 0 Å². The second-order valence-corrected chi connectivity index (χ2v) is 7.82. The molecule has 4 aromatic rings. The largest absolute Gasteiger partial charge is 0.444 e. The molecule has 2 aromatic carbocycles. The standard InChI is InChI=1S/C23H18ClN5O5/c1-13-17-10-15(12-25-21(17)28(2)27-13)23(31)34-20(14-6-4-3-5-7-14)22(30)26-16-8-9-18(24)19(11-16)29(32)33/h3-12,20H,1-2H3,(H,26,30). The van der Waals surface area contributed by atoms with Crippen LogP contribution in [0.2, 0.25) is 5.02 Å². The van der Waals surface area contributed by atoms with Crippen LogP contribution in [-0.2, 0) is 16.6 Å². The number of amides is 1. The second-order valence-electron chi connectivity index (χ2n) is 7.41. The van der Waals surface area contributed by atoms with Gasteiger partial charge in [-0.2, -0.15) is 5.10 Å². The number of esters is 1. The number of nitrogens with zero attached hydrogens (tertiary/aromatic N) is 4. The van der Waals surface area contributed by atoms with Crippen molar-refractivity contribution < 1.29 is 19.2 Å². The fraction of sp³-hybridized carbons (Fsp3) is 0.130. The maximum atomic E-state index is 13.1. The number of nitro benzene ring substituents is 1. The van der Waals surface area contributed by atoms with Crippen molar-refractivity contribution in [2.75, 3.05) is 5.32 Å². The molecule has 0 fully saturated rings. The number of fused-ring (bicyclic) bond motifs is 1. The first-order chi connectivity index (χ1) is 16.2. The molecule has 0 saturated carbocycles. The smallest absolute Gasteiger partial charge is 0.340 e. The van der Waals surface area contributed by atoms with E-state index in [-0.39, 0.29) is 22.0 Å². The van der Waals surface area contributed by atoms with Gasteiger partial charge in [0, 0.05) is 35.9 Å². The summed E-state index contributed by atoms with van der Waals surface area (Å²) >= 11 is 5.84. The third-order valence-electron chi connectivity index (χ3n) is 5.07. The zero-order valence-corrected chi connectivity index (χ0v) is 18.8. The summed E-state index contributed by atoms with van der Waals surface area (Å²) in [7, 11) is 1.75. The topological polar surface area (TPSA) is 129 Å². The van der Waals surface area contributed by atoms with E-state index in [9.17, 15) is 19.7 Å². The van der Waals surface area contributed by atoms with E-state index in [4.69, 9.17) is 16.3 Å². The molecule has 0 aliphatic heterocycles. The minimum Gasteiger partial charge on any atom is -0.444 e. The van der Waals surface area contributed by atoms with Gasteiger partial charge in [0.1, 0.15) is 5.02 Å². The van der Waals surface area contributed by atoms with Gasteiger partial charge in [0.05, 0.1) is 16.2 Å². The van der Waals surface area contributed by atoms with Crippen LogP contribution >= 0.6 is 11.6 Å². The molecule has 4 rings (SSSR count). The Kier molecular flexibility index (Phi) is 6.24. The zero-order valence-electron chi connectivity index (χ0n) is 18.1. The first-order valence-corrected chi connectivity index (χ1v) is 10.4. The van der Waals surface area contributed by atoms with Gasteiger partial charge in [0.2, 0.25) is 6.10 Å². The Morgan fingerprint density at radius 2 is 1.91 bits per heavy atom. The molecule has 1 atom stereocenters. The SMILES string of the molecule is Cc1nn(C)c2ncc(C(=O)OC(C(=O)Nc3ccc(Cl)c([N+](=O)[O-])c3)c3ccccc3)cc12. The molecule has 172 valence electrons. The van der Waals surface area contributed by atoms with Gasteiger partial charge in [-0.3, -0.25) is 19.6 Å². The lowest BCUT2D eigenvalue weighted by Gasteiger charge is -2.18. The number of carbonyl (C=O) groups is 2. The van der Waals surface area contributed by atoms with Gasteiger partial charge in [0.15, 0.2) is 5.65 Å². The quantitative estimate of drug-likeness (QED) is 0.247. The van der Waals surface area contributed by atoms with E-state index < -0.39 is 22.9 Å². The fourth-order valence-electron chi connectivity index (χ4n) is 3.43. The molecular formula is C23H18ClN5O5. The Hall–Kier alpha value is -4.31. The van der Waals surface area contributed by atoms with Crippen LogP contribution in [0.15, 0.2) is 60.8 Å². The van der Waals surface area contributed by atoms with Gasteiger partial charge in [-0.05, 0) is 25.1 Å². The minimum absolute atomic E-state index is 0.0670. The van der Waals surface area contributed by atoms with Gasteiger partial charge in [-0.25, -0.2) is 9.78 Å². The summed E-state index contributed by atoms with van der Waals surface area (Å²) in [4.78, 5) is 40.8. The molecule has 11 heteroatoms. The van der Waals surface area contributed by atoms with Crippen molar-refractivity contribution in [3.8, 4) is 0 Å². The highest BCUT2D eigenvalue weighted by Crippen LogP contribution is 2.29. The van der Waals surface area contributed by atoms with Crippen LogP contribution in [-0.4, -0.2) is 31.6 Å². The van der Waals surface area contributed by atoms with E-state index in [0.29, 0.717) is 22.3 Å². The van der Waals surface area contributed by atoms with Gasteiger partial charge < -0.3 is 10.1 Å². The Morgan fingerprint density at radius 1 is 1.18 bits per heavy atom. The van der Waals surface area contributed by atoms with E-state index in [1.54, 1.807) is 55.1 Å². The van der Waals surface area contributed by atoms with Crippen molar-refractivity contribution in [2.45, 2.75) is 13.0 Å². The van der Waals surface area contributed by atoms with Crippen LogP contribution in [0.3, 0.4) is 0 Å². The summed E-state index contributed by atoms with van der Waals surface area (Å²) < 4.78 is 7.18. The van der Waals surface area contributed by atoms with Crippen molar-refractivity contribution >= 4 is 45.9 Å². The number of anilines is 1. The van der Waals surface area contributed by atoms with Crippen LogP contribution < -0.4 is 5.32 Å². The summed E-state index contributed by atoms with van der Waals surface area (Å²) in [6, 6.07) is 13.9. The molecule has 0 aliphatic rings. The molecule has 0 spiro atoms. The molecule has 2 heterocycles. The molecule has 0 saturated heterocycles. The van der Waals surface area contributed by atoms with Crippen LogP contribution in [0.25, 0.3) is 11.0 Å². The lowest BCUT2D eigenvalue weighted by atomic mass is 10.1. The zero-order chi connectivity index (χ0) is 24.4. The molecule has 1 N–H and O–H groups in total. The third-order valence-corrected chi connectivity index (χ3v) is 5.39. The Balaban J connectivity index is 1.62. The van der Waals surface area contributed by atoms with Crippen LogP contribution in [0, 0.1) is 17.0 Å². The monoisotopic (exact) mass is 479 g/mol. The predicted molar refractivity (Wildman–Crippen MR) is 125 cm³/mol. The number of aromatic nitrogens is 3. The predicted octanol–water partition coefficient (Wildman–Crippen LogP) is 4.38. The molecule has 1 amide bonds. The second kappa shape index (κ2) is 9.28. The van der Waals surface area contributed by atoms with E-state index in [2.05, 4.69) is 15.4 Å². The van der Waals surface area contributed by atoms with Gasteiger partial charge in [-0.15, -0.1) is 0 Å². The molecule has 1 unspecified atom stereocenters. The number of rotatable bonds is 6. The number of hydrogen-bond donors (Lipinski definition) is 1. The number of nitrogens with one attached hydrogen (secondary N) is 1. The Labute approximate surface area is 198 Å². The maximum Gasteiger partial charge on any atom is 0.340 e. The Bertz CT molecular complexity index is 1420. The fourth-order valence-corrected chi connectivity index (χ4v) is 3.62. The van der Waals surface area contributed by atoms with Crippen molar-refractivity contribution in [2.24, 2.45) is 7.05 Å². The first-order valence-electron chi connectivity index (χ1n) is 10.0. The summed E-state index contributed by atoms with van der Waals surface area (Å²) in [6.07, 6.45) is 0.0306. The number of nitro groups is 1. The lowest BCUT2D eigenvalue weighted by Crippen LogP contribution is -2.26. The molecule has 0 aliphatic carbocycles. The minimum atomic E-state index is -1.32. The van der Waals surface area contributed by atoms with E-state index in [1.165, 1.54) is 18.3 Å². The number of pyridine rings is 1. The number of aryl methyl sites for hydroxylation is 2. The number of ether oxygens (including phenoxy) is 1. The highest BCUT2D eigenvalue weighted by Gasteiger charge is 2.27. The first kappa shape index (κ1) is 22.9. The molecule has 0 bridgehead atoms. The van der Waals surface area contributed by atoms with Crippen molar-refractivity contribution in [3.05, 3.63) is 92.8 Å². The Morgan fingerprint density at radius 3 is 2.62 bits per heavy atom. The normalized spacial score (nSPS) is 11.7. The summed E-state index contributed by atoms with van der Waals surface area (Å²) in [5.41, 5.74) is 1.64.